The van der Waals surface area contributed by atoms with Crippen molar-refractivity contribution in [1.29, 1.82) is 0 Å². The van der Waals surface area contributed by atoms with Crippen molar-refractivity contribution in [2.75, 3.05) is 32.8 Å². The van der Waals surface area contributed by atoms with Crippen LogP contribution >= 0.6 is 11.6 Å². The van der Waals surface area contributed by atoms with E-state index in [-0.39, 0.29) is 4.90 Å². The maximum Gasteiger partial charge on any atom is 0.244 e. The minimum absolute atomic E-state index is 0.0952. The van der Waals surface area contributed by atoms with Gasteiger partial charge in [-0.05, 0) is 57.6 Å². The minimum Gasteiger partial charge on any atom is -0.492 e. The molecule has 1 aromatic carbocycles. The van der Waals surface area contributed by atoms with Crippen LogP contribution in [-0.2, 0) is 10.0 Å². The number of aryl methyl sites for hydroxylation is 1. The summed E-state index contributed by atoms with van der Waals surface area (Å²) in [6, 6.07) is 3.12. The maximum absolute atomic E-state index is 12.5. The van der Waals surface area contributed by atoms with Crippen LogP contribution in [-0.4, -0.2) is 46.1 Å². The molecule has 0 spiro atoms. The fourth-order valence-electron chi connectivity index (χ4n) is 2.24. The van der Waals surface area contributed by atoms with Crippen molar-refractivity contribution in [1.82, 2.24) is 9.62 Å². The molecule has 0 aliphatic heterocycles. The van der Waals surface area contributed by atoms with E-state index >= 15 is 0 Å². The molecule has 0 amide bonds. The number of ether oxygens (including phenoxy) is 1. The van der Waals surface area contributed by atoms with E-state index < -0.39 is 10.0 Å². The largest absolute Gasteiger partial charge is 0.492 e. The normalized spacial score (nSPS) is 11.9. The number of hydrogen-bond acceptors (Lipinski definition) is 4. The SMILES string of the molecule is CCOc1cc(C)c(Cl)cc1S(=O)(=O)NCCCN(CC)CC. The Balaban J connectivity index is 2.81. The summed E-state index contributed by atoms with van der Waals surface area (Å²) >= 11 is 6.08. The maximum atomic E-state index is 12.5. The van der Waals surface area contributed by atoms with E-state index in [4.69, 9.17) is 16.3 Å². The summed E-state index contributed by atoms with van der Waals surface area (Å²) in [5, 5.41) is 0.414. The van der Waals surface area contributed by atoms with Crippen LogP contribution in [0.1, 0.15) is 32.8 Å². The molecule has 1 rings (SSSR count). The van der Waals surface area contributed by atoms with Crippen LogP contribution < -0.4 is 9.46 Å². The molecule has 132 valence electrons. The van der Waals surface area contributed by atoms with Crippen molar-refractivity contribution in [3.63, 3.8) is 0 Å². The highest BCUT2D eigenvalue weighted by molar-refractivity contribution is 7.89. The molecule has 0 saturated carbocycles. The summed E-state index contributed by atoms with van der Waals surface area (Å²) in [4.78, 5) is 2.35. The Morgan fingerprint density at radius 2 is 1.87 bits per heavy atom. The Morgan fingerprint density at radius 1 is 1.22 bits per heavy atom. The van der Waals surface area contributed by atoms with Crippen molar-refractivity contribution in [2.24, 2.45) is 0 Å². The first-order chi connectivity index (χ1) is 10.9. The van der Waals surface area contributed by atoms with Crippen molar-refractivity contribution in [3.05, 3.63) is 22.7 Å². The van der Waals surface area contributed by atoms with Gasteiger partial charge in [-0.15, -0.1) is 0 Å². The highest BCUT2D eigenvalue weighted by atomic mass is 35.5. The summed E-state index contributed by atoms with van der Waals surface area (Å²) in [7, 11) is -3.64. The first-order valence-electron chi connectivity index (χ1n) is 8.00. The molecule has 0 saturated heterocycles. The lowest BCUT2D eigenvalue weighted by atomic mass is 10.2. The second-order valence-corrected chi connectivity index (χ2v) is 7.40. The number of nitrogens with one attached hydrogen (secondary N) is 1. The van der Waals surface area contributed by atoms with E-state index in [1.165, 1.54) is 6.07 Å². The van der Waals surface area contributed by atoms with Gasteiger partial charge in [-0.1, -0.05) is 25.4 Å². The third kappa shape index (κ3) is 5.95. The molecule has 0 radical (unpaired) electrons. The average Bonchev–Trinajstić information content (AvgIpc) is 2.51. The summed E-state index contributed by atoms with van der Waals surface area (Å²) < 4.78 is 33.1. The molecule has 1 aromatic rings. The second-order valence-electron chi connectivity index (χ2n) is 5.26. The molecule has 0 aliphatic carbocycles. The highest BCUT2D eigenvalue weighted by Gasteiger charge is 2.21. The summed E-state index contributed by atoms with van der Waals surface area (Å²) in [6.45, 7) is 11.4. The van der Waals surface area contributed by atoms with Gasteiger partial charge in [0.2, 0.25) is 10.0 Å². The fourth-order valence-corrected chi connectivity index (χ4v) is 3.69. The third-order valence-corrected chi connectivity index (χ3v) is 5.54. The number of sulfonamides is 1. The van der Waals surface area contributed by atoms with Gasteiger partial charge >= 0.3 is 0 Å². The molecule has 0 aliphatic rings. The monoisotopic (exact) mass is 362 g/mol. The Hall–Kier alpha value is -0.820. The van der Waals surface area contributed by atoms with Gasteiger partial charge in [-0.2, -0.15) is 0 Å². The number of benzene rings is 1. The second kappa shape index (κ2) is 9.47. The third-order valence-electron chi connectivity index (χ3n) is 3.65. The zero-order valence-electron chi connectivity index (χ0n) is 14.4. The first-order valence-corrected chi connectivity index (χ1v) is 9.86. The lowest BCUT2D eigenvalue weighted by Crippen LogP contribution is -2.30. The summed E-state index contributed by atoms with van der Waals surface area (Å²) in [6.07, 6.45) is 0.754. The average molecular weight is 363 g/mol. The molecule has 0 atom stereocenters. The van der Waals surface area contributed by atoms with E-state index in [2.05, 4.69) is 23.5 Å². The fraction of sp³-hybridized carbons (Fsp3) is 0.625. The Bertz CT molecular complexity index is 602. The summed E-state index contributed by atoms with van der Waals surface area (Å²) in [5.74, 6) is 0.339. The van der Waals surface area contributed by atoms with Gasteiger partial charge in [0.1, 0.15) is 10.6 Å². The van der Waals surface area contributed by atoms with E-state index in [1.54, 1.807) is 6.07 Å². The standard InChI is InChI=1S/C16H27ClN2O3S/c1-5-19(6-2)10-8-9-18-23(20,21)16-12-14(17)13(4)11-15(16)22-7-3/h11-12,18H,5-10H2,1-4H3. The van der Waals surface area contributed by atoms with Crippen LogP contribution in [0.3, 0.4) is 0 Å². The Morgan fingerprint density at radius 3 is 2.43 bits per heavy atom. The van der Waals surface area contributed by atoms with Crippen molar-refractivity contribution >= 4 is 21.6 Å². The molecule has 0 bridgehead atoms. The van der Waals surface area contributed by atoms with Crippen molar-refractivity contribution < 1.29 is 13.2 Å². The minimum atomic E-state index is -3.64. The Kier molecular flexibility index (Phi) is 8.33. The van der Waals surface area contributed by atoms with E-state index in [9.17, 15) is 8.42 Å². The molecule has 0 unspecified atom stereocenters. The van der Waals surface area contributed by atoms with Crippen LogP contribution in [0.25, 0.3) is 0 Å². The molecule has 7 heteroatoms. The van der Waals surface area contributed by atoms with E-state index in [0.29, 0.717) is 23.9 Å². The van der Waals surface area contributed by atoms with Crippen molar-refractivity contribution in [3.8, 4) is 5.75 Å². The van der Waals surface area contributed by atoms with E-state index in [0.717, 1.165) is 31.6 Å². The predicted octanol–water partition coefficient (Wildman–Crippen LogP) is 3.06. The van der Waals surface area contributed by atoms with Crippen LogP contribution in [0.15, 0.2) is 17.0 Å². The van der Waals surface area contributed by atoms with Crippen LogP contribution in [0.2, 0.25) is 5.02 Å². The Labute approximate surface area is 145 Å². The number of nitrogens with zero attached hydrogens (tertiary/aromatic N) is 1. The van der Waals surface area contributed by atoms with Gasteiger partial charge in [-0.3, -0.25) is 0 Å². The van der Waals surface area contributed by atoms with Crippen LogP contribution in [0.5, 0.6) is 5.75 Å². The van der Waals surface area contributed by atoms with Gasteiger partial charge < -0.3 is 9.64 Å². The van der Waals surface area contributed by atoms with Crippen LogP contribution in [0.4, 0.5) is 0 Å². The molecule has 0 heterocycles. The lowest BCUT2D eigenvalue weighted by Gasteiger charge is -2.18. The molecule has 23 heavy (non-hydrogen) atoms. The van der Waals surface area contributed by atoms with Gasteiger partial charge in [-0.25, -0.2) is 13.1 Å². The van der Waals surface area contributed by atoms with Crippen LogP contribution in [0, 0.1) is 6.92 Å². The molecule has 0 aromatic heterocycles. The number of halogens is 1. The molecule has 5 nitrogen and oxygen atoms in total. The number of rotatable bonds is 10. The highest BCUT2D eigenvalue weighted by Crippen LogP contribution is 2.30. The van der Waals surface area contributed by atoms with Gasteiger partial charge in [0.05, 0.1) is 6.61 Å². The van der Waals surface area contributed by atoms with Gasteiger partial charge in [0.25, 0.3) is 0 Å². The predicted molar refractivity (Wildman–Crippen MR) is 95.0 cm³/mol. The lowest BCUT2D eigenvalue weighted by molar-refractivity contribution is 0.300. The summed E-state index contributed by atoms with van der Waals surface area (Å²) in [5.41, 5.74) is 0.788. The quantitative estimate of drug-likeness (QED) is 0.650. The topological polar surface area (TPSA) is 58.6 Å². The number of hydrogen-bond donors (Lipinski definition) is 1. The van der Waals surface area contributed by atoms with E-state index in [1.807, 2.05) is 13.8 Å². The van der Waals surface area contributed by atoms with Gasteiger partial charge in [0, 0.05) is 11.6 Å². The van der Waals surface area contributed by atoms with Gasteiger partial charge in [0.15, 0.2) is 0 Å². The zero-order chi connectivity index (χ0) is 17.5. The van der Waals surface area contributed by atoms with Crippen molar-refractivity contribution in [2.45, 2.75) is 39.0 Å². The molecular weight excluding hydrogens is 336 g/mol. The first kappa shape index (κ1) is 20.2. The molecule has 0 fully saturated rings. The smallest absolute Gasteiger partial charge is 0.244 e. The molecular formula is C16H27ClN2O3S. The zero-order valence-corrected chi connectivity index (χ0v) is 15.9. The molecule has 1 N–H and O–H groups in total.